The number of carbonyl (C=O) groups is 1. The number of carbonyl (C=O) groups excluding carboxylic acids is 1. The summed E-state index contributed by atoms with van der Waals surface area (Å²) >= 11 is 0. The molecule has 1 unspecified atom stereocenters. The van der Waals surface area contributed by atoms with E-state index in [1.807, 2.05) is 36.4 Å². The predicted molar refractivity (Wildman–Crippen MR) is 114 cm³/mol. The van der Waals surface area contributed by atoms with E-state index in [9.17, 15) is 9.59 Å². The Bertz CT molecular complexity index is 1340. The molecule has 7 heteroatoms. The van der Waals surface area contributed by atoms with Crippen molar-refractivity contribution in [3.05, 3.63) is 88.5 Å². The van der Waals surface area contributed by atoms with E-state index in [0.717, 1.165) is 18.5 Å². The van der Waals surface area contributed by atoms with E-state index in [0.29, 0.717) is 22.4 Å². The fourth-order valence-corrected chi connectivity index (χ4v) is 4.78. The number of aromatic amines is 1. The van der Waals surface area contributed by atoms with Crippen molar-refractivity contribution in [2.24, 2.45) is 0 Å². The Morgan fingerprint density at radius 2 is 1.83 bits per heavy atom. The average molecular weight is 397 g/mol. The number of hydrogen-bond donors (Lipinski definition) is 2. The average Bonchev–Trinajstić information content (AvgIpc) is 3.34. The minimum absolute atomic E-state index is 0.0492. The highest BCUT2D eigenvalue weighted by Crippen LogP contribution is 2.43. The first-order valence-corrected chi connectivity index (χ1v) is 10.0. The number of anilines is 1. The maximum atomic E-state index is 12.7. The second kappa shape index (κ2) is 6.32. The summed E-state index contributed by atoms with van der Waals surface area (Å²) in [6, 6.07) is 19.8. The number of nitrogens with one attached hydrogen (secondary N) is 2. The number of fused-ring (bicyclic) bond motifs is 4. The summed E-state index contributed by atoms with van der Waals surface area (Å²) < 4.78 is 1.61. The number of benzene rings is 2. The van der Waals surface area contributed by atoms with E-state index in [1.54, 1.807) is 22.9 Å². The van der Waals surface area contributed by atoms with Gasteiger partial charge in [-0.25, -0.2) is 9.78 Å². The van der Waals surface area contributed by atoms with Gasteiger partial charge in [-0.1, -0.05) is 30.3 Å². The number of pyridine rings is 1. The molecule has 7 nitrogen and oxygen atoms in total. The minimum Gasteiger partial charge on any atom is -0.343 e. The zero-order valence-electron chi connectivity index (χ0n) is 16.1. The maximum Gasteiger partial charge on any atom is 0.332 e. The van der Waals surface area contributed by atoms with Crippen LogP contribution in [0.5, 0.6) is 0 Å². The van der Waals surface area contributed by atoms with Gasteiger partial charge in [0.15, 0.2) is 5.65 Å². The van der Waals surface area contributed by atoms with Gasteiger partial charge in [-0.2, -0.15) is 0 Å². The van der Waals surface area contributed by atoms with Crippen LogP contribution in [-0.4, -0.2) is 26.6 Å². The summed E-state index contributed by atoms with van der Waals surface area (Å²) in [4.78, 5) is 34.7. The van der Waals surface area contributed by atoms with E-state index in [4.69, 9.17) is 0 Å². The van der Waals surface area contributed by atoms with E-state index < -0.39 is 0 Å². The summed E-state index contributed by atoms with van der Waals surface area (Å²) in [6.07, 6.45) is 3.44. The van der Waals surface area contributed by atoms with Gasteiger partial charge < -0.3 is 10.2 Å². The summed E-state index contributed by atoms with van der Waals surface area (Å²) in [7, 11) is 0. The lowest BCUT2D eigenvalue weighted by molar-refractivity contribution is 0.0930. The van der Waals surface area contributed by atoms with Crippen LogP contribution >= 0.6 is 0 Å². The normalized spacial score (nSPS) is 20.1. The monoisotopic (exact) mass is 397 g/mol. The zero-order chi connectivity index (χ0) is 20.2. The molecule has 0 saturated carbocycles. The van der Waals surface area contributed by atoms with Crippen LogP contribution in [0.15, 0.2) is 71.7 Å². The van der Waals surface area contributed by atoms with Crippen LogP contribution < -0.4 is 15.9 Å². The van der Waals surface area contributed by atoms with Gasteiger partial charge in [0.2, 0.25) is 0 Å². The van der Waals surface area contributed by atoms with Crippen LogP contribution in [0.1, 0.15) is 34.8 Å². The highest BCUT2D eigenvalue weighted by atomic mass is 16.2. The molecule has 4 aromatic rings. The third kappa shape index (κ3) is 2.41. The molecule has 0 radical (unpaired) electrons. The van der Waals surface area contributed by atoms with Gasteiger partial charge in [0.05, 0.1) is 28.5 Å². The molecule has 148 valence electrons. The molecule has 0 bridgehead atoms. The fourth-order valence-electron chi connectivity index (χ4n) is 4.78. The Kier molecular flexibility index (Phi) is 3.59. The largest absolute Gasteiger partial charge is 0.343 e. The minimum atomic E-state index is -0.249. The topological polar surface area (TPSA) is 83.0 Å². The van der Waals surface area contributed by atoms with Gasteiger partial charge in [-0.15, -0.1) is 0 Å². The van der Waals surface area contributed by atoms with Crippen molar-refractivity contribution in [2.75, 3.05) is 4.90 Å². The molecule has 2 aromatic heterocycles. The van der Waals surface area contributed by atoms with Crippen LogP contribution in [-0.2, 0) is 0 Å². The molecular weight excluding hydrogens is 378 g/mol. The molecule has 2 aromatic carbocycles. The van der Waals surface area contributed by atoms with Crippen molar-refractivity contribution in [1.82, 2.24) is 19.9 Å². The molecule has 2 N–H and O–H groups in total. The van der Waals surface area contributed by atoms with Crippen molar-refractivity contribution in [3.8, 4) is 5.69 Å². The Labute approximate surface area is 172 Å². The molecule has 2 aliphatic rings. The van der Waals surface area contributed by atoms with Crippen molar-refractivity contribution in [1.29, 1.82) is 0 Å². The van der Waals surface area contributed by atoms with E-state index in [2.05, 4.69) is 32.3 Å². The van der Waals surface area contributed by atoms with E-state index >= 15 is 0 Å². The Balaban J connectivity index is 1.53. The number of H-pyrrole nitrogens is 1. The lowest BCUT2D eigenvalue weighted by atomic mass is 10.0. The maximum absolute atomic E-state index is 12.7. The van der Waals surface area contributed by atoms with Gasteiger partial charge >= 0.3 is 5.69 Å². The van der Waals surface area contributed by atoms with Crippen LogP contribution in [0.2, 0.25) is 0 Å². The van der Waals surface area contributed by atoms with Crippen molar-refractivity contribution >= 4 is 22.8 Å². The van der Waals surface area contributed by atoms with Crippen LogP contribution in [0.25, 0.3) is 16.9 Å². The van der Waals surface area contributed by atoms with Gasteiger partial charge in [-0.3, -0.25) is 14.3 Å². The molecule has 4 heterocycles. The zero-order valence-corrected chi connectivity index (χ0v) is 16.1. The lowest BCUT2D eigenvalue weighted by Crippen LogP contribution is -2.50. The summed E-state index contributed by atoms with van der Waals surface area (Å²) in [5.41, 5.74) is 4.42. The molecule has 0 aliphatic carbocycles. The van der Waals surface area contributed by atoms with Crippen LogP contribution in [0.4, 0.5) is 5.69 Å². The Hall–Kier alpha value is -3.87. The highest BCUT2D eigenvalue weighted by Gasteiger charge is 2.40. The number of imidazole rings is 1. The number of aromatic nitrogens is 3. The second-order valence-corrected chi connectivity index (χ2v) is 7.74. The first-order chi connectivity index (χ1) is 14.7. The summed E-state index contributed by atoms with van der Waals surface area (Å²) in [5.74, 6) is -0.0700. The summed E-state index contributed by atoms with van der Waals surface area (Å²) in [6.45, 7) is 0. The van der Waals surface area contributed by atoms with Gasteiger partial charge in [0.1, 0.15) is 6.17 Å². The van der Waals surface area contributed by atoms with E-state index in [1.165, 1.54) is 5.56 Å². The van der Waals surface area contributed by atoms with Gasteiger partial charge in [-0.05, 0) is 48.7 Å². The molecule has 30 heavy (non-hydrogen) atoms. The third-order valence-corrected chi connectivity index (χ3v) is 6.09. The van der Waals surface area contributed by atoms with Crippen molar-refractivity contribution < 1.29 is 4.79 Å². The van der Waals surface area contributed by atoms with Gasteiger partial charge in [0, 0.05) is 6.20 Å². The first-order valence-electron chi connectivity index (χ1n) is 10.0. The van der Waals surface area contributed by atoms with Crippen molar-refractivity contribution in [3.63, 3.8) is 0 Å². The fraction of sp³-hybridized carbons (Fsp3) is 0.174. The number of hydrogen-bond acceptors (Lipinski definition) is 4. The van der Waals surface area contributed by atoms with Crippen LogP contribution in [0, 0.1) is 0 Å². The molecular formula is C23H19N5O2. The lowest BCUT2D eigenvalue weighted by Gasteiger charge is -2.38. The first kappa shape index (κ1) is 17.0. The SMILES string of the molecule is O=C1NC2CC[C@H](c3ccccc3)N2c2cc(-n3c(=O)[nH]c4ncccc43)ccc21. The van der Waals surface area contributed by atoms with Gasteiger partial charge in [0.25, 0.3) is 5.91 Å². The quantitative estimate of drug-likeness (QED) is 0.544. The smallest absolute Gasteiger partial charge is 0.332 e. The molecule has 2 atom stereocenters. The number of nitrogens with zero attached hydrogens (tertiary/aromatic N) is 3. The number of rotatable bonds is 2. The molecule has 2 aliphatic heterocycles. The molecule has 1 amide bonds. The van der Waals surface area contributed by atoms with Crippen LogP contribution in [0.3, 0.4) is 0 Å². The second-order valence-electron chi connectivity index (χ2n) is 7.74. The summed E-state index contributed by atoms with van der Waals surface area (Å²) in [5, 5.41) is 3.13. The Morgan fingerprint density at radius 3 is 2.70 bits per heavy atom. The molecule has 1 saturated heterocycles. The Morgan fingerprint density at radius 1 is 0.967 bits per heavy atom. The molecule has 1 fully saturated rings. The van der Waals surface area contributed by atoms with E-state index in [-0.39, 0.29) is 23.8 Å². The predicted octanol–water partition coefficient (Wildman–Crippen LogP) is 3.12. The molecule has 0 spiro atoms. The standard InChI is InChI=1S/C23H19N5O2/c29-22-16-9-8-15(27-18-7-4-12-24-21(18)26-23(27)30)13-19(16)28-17(10-11-20(28)25-22)14-5-2-1-3-6-14/h1-9,12-13,17,20H,10-11H2,(H,25,29)(H,24,26,30)/t17-,20?/m1/s1. The molecule has 6 rings (SSSR count). The highest BCUT2D eigenvalue weighted by molar-refractivity contribution is 6.02. The number of amides is 1. The van der Waals surface area contributed by atoms with Crippen molar-refractivity contribution in [2.45, 2.75) is 25.0 Å². The third-order valence-electron chi connectivity index (χ3n) is 6.09.